The number of terminal acetylenes is 1. The predicted octanol–water partition coefficient (Wildman–Crippen LogP) is 6.48. The minimum absolute atomic E-state index is 0.0199. The average molecular weight is 494 g/mol. The van der Waals surface area contributed by atoms with Gasteiger partial charge in [-0.3, -0.25) is 0 Å². The summed E-state index contributed by atoms with van der Waals surface area (Å²) in [6.45, 7) is 27.2. The molecule has 0 saturated carbocycles. The van der Waals surface area contributed by atoms with E-state index in [1.807, 2.05) is 41.5 Å². The molecule has 1 saturated heterocycles. The van der Waals surface area contributed by atoms with E-state index in [0.29, 0.717) is 26.1 Å². The Morgan fingerprint density at radius 1 is 1.15 bits per heavy atom. The molecule has 1 unspecified atom stereocenters. The Bertz CT molecular complexity index is 779. The Balaban J connectivity index is 3.37. The van der Waals surface area contributed by atoms with Crippen LogP contribution >= 0.6 is 0 Å². The molecule has 0 N–H and O–H groups in total. The normalized spacial score (nSPS) is 18.7. The van der Waals surface area contributed by atoms with Crippen LogP contribution in [0.5, 0.6) is 0 Å². The van der Waals surface area contributed by atoms with Crippen LogP contribution in [0.25, 0.3) is 0 Å². The Morgan fingerprint density at radius 2 is 1.65 bits per heavy atom. The Morgan fingerprint density at radius 3 is 2.03 bits per heavy atom. The maximum absolute atomic E-state index is 13.1. The molecule has 194 valence electrons. The third-order valence-corrected chi connectivity index (χ3v) is 11.3. The van der Waals surface area contributed by atoms with E-state index in [1.54, 1.807) is 4.90 Å². The lowest BCUT2D eigenvalue weighted by Gasteiger charge is -2.46. The Labute approximate surface area is 209 Å². The molecule has 1 heterocycles. The Kier molecular flexibility index (Phi) is 10.3. The molecule has 0 aromatic rings. The molecule has 0 aromatic heterocycles. The van der Waals surface area contributed by atoms with Gasteiger partial charge in [-0.2, -0.15) is 0 Å². The highest BCUT2D eigenvalue weighted by Crippen LogP contribution is 2.43. The molecule has 1 fully saturated rings. The number of hydrogen-bond acceptors (Lipinski definition) is 5. The van der Waals surface area contributed by atoms with E-state index in [-0.39, 0.29) is 22.9 Å². The van der Waals surface area contributed by atoms with E-state index < -0.39 is 31.7 Å². The summed E-state index contributed by atoms with van der Waals surface area (Å²) in [5.41, 5.74) is 2.38. The number of rotatable bonds is 9. The third-order valence-electron chi connectivity index (χ3n) is 6.78. The zero-order chi connectivity index (χ0) is 26.5. The topological polar surface area (TPSA) is 57.2 Å². The number of carbonyl (C=O) groups is 1. The van der Waals surface area contributed by atoms with Gasteiger partial charge in [0.25, 0.3) is 0 Å². The van der Waals surface area contributed by atoms with Crippen LogP contribution in [0.3, 0.4) is 0 Å². The molecule has 0 bridgehead atoms. The van der Waals surface area contributed by atoms with Crippen molar-refractivity contribution in [3.63, 3.8) is 0 Å². The van der Waals surface area contributed by atoms with Crippen molar-refractivity contribution in [1.29, 1.82) is 0 Å². The van der Waals surface area contributed by atoms with Crippen LogP contribution in [0.1, 0.15) is 75.2 Å². The van der Waals surface area contributed by atoms with Gasteiger partial charge in [0, 0.05) is 23.9 Å². The summed E-state index contributed by atoms with van der Waals surface area (Å²) in [4.78, 5) is 14.8. The van der Waals surface area contributed by atoms with E-state index in [1.165, 1.54) is 0 Å². The van der Waals surface area contributed by atoms with Gasteiger partial charge in [-0.25, -0.2) is 4.79 Å². The van der Waals surface area contributed by atoms with Crippen molar-refractivity contribution < 1.29 is 23.4 Å². The van der Waals surface area contributed by atoms with E-state index in [4.69, 9.17) is 25.1 Å². The van der Waals surface area contributed by atoms with E-state index in [2.05, 4.69) is 52.1 Å². The van der Waals surface area contributed by atoms with Crippen molar-refractivity contribution >= 4 is 14.4 Å². The average Bonchev–Trinajstić information content (AvgIpc) is 2.66. The molecule has 6 nitrogen and oxygen atoms in total. The minimum atomic E-state index is -2.26. The van der Waals surface area contributed by atoms with Gasteiger partial charge in [-0.1, -0.05) is 33.1 Å². The van der Waals surface area contributed by atoms with Crippen LogP contribution in [0.4, 0.5) is 4.79 Å². The first-order valence-corrected chi connectivity index (χ1v) is 15.1. The molecular formula is C27H47NO5Si. The fourth-order valence-electron chi connectivity index (χ4n) is 3.74. The van der Waals surface area contributed by atoms with Crippen molar-refractivity contribution in [3.8, 4) is 12.3 Å². The van der Waals surface area contributed by atoms with Crippen LogP contribution in [-0.4, -0.2) is 56.5 Å². The highest BCUT2D eigenvalue weighted by Gasteiger charge is 2.46. The molecule has 0 aromatic carbocycles. The summed E-state index contributed by atoms with van der Waals surface area (Å²) >= 11 is 0. The number of ether oxygens (including phenoxy) is 3. The molecule has 0 aliphatic carbocycles. The van der Waals surface area contributed by atoms with E-state index >= 15 is 0 Å². The van der Waals surface area contributed by atoms with Gasteiger partial charge in [-0.15, -0.1) is 12.3 Å². The summed E-state index contributed by atoms with van der Waals surface area (Å²) in [5, 5.41) is -0.0513. The molecule has 1 amide bonds. The molecule has 0 spiro atoms. The molecule has 7 heteroatoms. The van der Waals surface area contributed by atoms with E-state index in [9.17, 15) is 4.79 Å². The molecule has 1 rings (SSSR count). The number of carbonyl (C=O) groups excluding carboxylic acids is 1. The van der Waals surface area contributed by atoms with Crippen LogP contribution in [0.2, 0.25) is 18.1 Å². The van der Waals surface area contributed by atoms with Crippen molar-refractivity contribution in [1.82, 2.24) is 4.90 Å². The molecular weight excluding hydrogens is 446 g/mol. The first-order valence-electron chi connectivity index (χ1n) is 12.2. The lowest BCUT2D eigenvalue weighted by Crippen LogP contribution is -2.51. The van der Waals surface area contributed by atoms with Crippen LogP contribution < -0.4 is 0 Å². The van der Waals surface area contributed by atoms with Crippen molar-refractivity contribution in [2.75, 3.05) is 13.2 Å². The van der Waals surface area contributed by atoms with Gasteiger partial charge >= 0.3 is 6.09 Å². The Hall–Kier alpha value is -1.55. The first kappa shape index (κ1) is 30.5. The number of nitrogens with zero attached hydrogens (tertiary/aromatic N) is 1. The second kappa shape index (κ2) is 11.5. The molecule has 34 heavy (non-hydrogen) atoms. The number of hydrogen-bond donors (Lipinski definition) is 0. The third kappa shape index (κ3) is 8.00. The summed E-state index contributed by atoms with van der Waals surface area (Å²) < 4.78 is 24.7. The maximum Gasteiger partial charge on any atom is 0.416 e. The maximum atomic E-state index is 13.1. The SMILES string of the molecule is C#CCC1(CC(O[Si](C)(C)C(C)(C)C)C(=C=C)OC(=O)N(C(C)C)C(C)C)COC(C)(C)OC1. The molecule has 0 radical (unpaired) electrons. The fourth-order valence-corrected chi connectivity index (χ4v) is 4.99. The summed E-state index contributed by atoms with van der Waals surface area (Å²) in [7, 11) is -2.26. The van der Waals surface area contributed by atoms with Gasteiger partial charge in [0.15, 0.2) is 19.9 Å². The molecule has 1 aliphatic heterocycles. The standard InChI is InChI=1S/C27H47NO5Si/c1-14-16-27(18-30-26(10,11)31-19-27)17-23(33-34(12,13)25(7,8)9)22(15-2)32-24(29)28(20(3)4)21(5)6/h1,20-21,23H,2,16-19H2,3-13H3. The lowest BCUT2D eigenvalue weighted by molar-refractivity contribution is -0.287. The highest BCUT2D eigenvalue weighted by atomic mass is 28.4. The van der Waals surface area contributed by atoms with Crippen LogP contribution in [0.15, 0.2) is 18.1 Å². The zero-order valence-corrected chi connectivity index (χ0v) is 24.3. The van der Waals surface area contributed by atoms with Gasteiger partial charge in [0.1, 0.15) is 6.10 Å². The second-order valence-electron chi connectivity index (χ2n) is 11.9. The summed E-state index contributed by atoms with van der Waals surface area (Å²) in [5.74, 6) is 2.39. The van der Waals surface area contributed by atoms with Crippen LogP contribution in [0, 0.1) is 17.8 Å². The zero-order valence-electron chi connectivity index (χ0n) is 23.3. The number of amides is 1. The van der Waals surface area contributed by atoms with Gasteiger partial charge < -0.3 is 23.5 Å². The lowest BCUT2D eigenvalue weighted by atomic mass is 9.79. The fraction of sp³-hybridized carbons (Fsp3) is 0.778. The highest BCUT2D eigenvalue weighted by molar-refractivity contribution is 6.74. The van der Waals surface area contributed by atoms with Crippen molar-refractivity contribution in [2.24, 2.45) is 5.41 Å². The largest absolute Gasteiger partial charge is 0.416 e. The monoisotopic (exact) mass is 493 g/mol. The second-order valence-corrected chi connectivity index (χ2v) is 16.7. The van der Waals surface area contributed by atoms with E-state index in [0.717, 1.165) is 0 Å². The van der Waals surface area contributed by atoms with Gasteiger partial charge in [-0.05, 0) is 66.1 Å². The summed E-state index contributed by atoms with van der Waals surface area (Å²) in [6.07, 6.45) is 5.67. The van der Waals surface area contributed by atoms with Crippen LogP contribution in [-0.2, 0) is 18.6 Å². The predicted molar refractivity (Wildman–Crippen MR) is 140 cm³/mol. The molecule has 1 atom stereocenters. The van der Waals surface area contributed by atoms with Gasteiger partial charge in [0.2, 0.25) is 0 Å². The van der Waals surface area contributed by atoms with Crippen molar-refractivity contribution in [2.45, 2.75) is 117 Å². The first-order chi connectivity index (χ1) is 15.4. The minimum Gasteiger partial charge on any atom is -0.406 e. The van der Waals surface area contributed by atoms with Crippen molar-refractivity contribution in [3.05, 3.63) is 18.1 Å². The quantitative estimate of drug-likeness (QED) is 0.159. The molecule has 1 aliphatic rings. The smallest absolute Gasteiger partial charge is 0.406 e. The van der Waals surface area contributed by atoms with Gasteiger partial charge in [0.05, 0.1) is 13.2 Å². The summed E-state index contributed by atoms with van der Waals surface area (Å²) in [6, 6.07) is -0.0398.